The average Bonchev–Trinajstić information content (AvgIpc) is 3.57. The highest BCUT2D eigenvalue weighted by atomic mass is 19.1. The van der Waals surface area contributed by atoms with Gasteiger partial charge in [0, 0.05) is 30.8 Å². The lowest BCUT2D eigenvalue weighted by Gasteiger charge is -2.12. The summed E-state index contributed by atoms with van der Waals surface area (Å²) in [4.78, 5) is 20.8. The molecule has 1 aliphatic heterocycles. The number of benzene rings is 1. The van der Waals surface area contributed by atoms with Gasteiger partial charge in [-0.25, -0.2) is 13.8 Å². The molecule has 1 unspecified atom stereocenters. The Morgan fingerprint density at radius 3 is 2.76 bits per heavy atom. The van der Waals surface area contributed by atoms with Crippen molar-refractivity contribution in [2.24, 2.45) is 5.92 Å². The maximum Gasteiger partial charge on any atom is 0.291 e. The van der Waals surface area contributed by atoms with Crippen LogP contribution in [0.2, 0.25) is 0 Å². The van der Waals surface area contributed by atoms with Crippen molar-refractivity contribution >= 4 is 11.6 Å². The molecule has 0 radical (unpaired) electrons. The summed E-state index contributed by atoms with van der Waals surface area (Å²) in [7, 11) is 0. The van der Waals surface area contributed by atoms with E-state index in [2.05, 4.69) is 15.3 Å². The molecule has 1 atom stereocenters. The molecule has 7 nitrogen and oxygen atoms in total. The minimum absolute atomic E-state index is 0.00577. The van der Waals surface area contributed by atoms with Gasteiger partial charge in [-0.2, -0.15) is 0 Å². The maximum atomic E-state index is 13.9. The van der Waals surface area contributed by atoms with E-state index >= 15 is 0 Å². The minimum Gasteiger partial charge on any atom is -0.449 e. The number of anilines is 1. The number of hydrogen-bond donors (Lipinski definition) is 1. The molecule has 1 aliphatic rings. The van der Waals surface area contributed by atoms with Crippen molar-refractivity contribution in [2.75, 3.05) is 18.5 Å². The van der Waals surface area contributed by atoms with E-state index in [1.165, 1.54) is 30.5 Å². The van der Waals surface area contributed by atoms with Crippen LogP contribution < -0.4 is 5.32 Å². The number of carbonyl (C=O) groups is 1. The molecule has 4 aromatic rings. The molecule has 9 heteroatoms. The Morgan fingerprint density at radius 2 is 2.00 bits per heavy atom. The Labute approximate surface area is 188 Å². The summed E-state index contributed by atoms with van der Waals surface area (Å²) < 4.78 is 40.7. The van der Waals surface area contributed by atoms with Gasteiger partial charge in [0.05, 0.1) is 30.5 Å². The fourth-order valence-corrected chi connectivity index (χ4v) is 3.85. The molecular formula is C24H20F2N4O3. The highest BCUT2D eigenvalue weighted by Gasteiger charge is 2.24. The number of carbonyl (C=O) groups excluding carboxylic acids is 1. The smallest absolute Gasteiger partial charge is 0.291 e. The van der Waals surface area contributed by atoms with Gasteiger partial charge in [-0.05, 0) is 48.9 Å². The lowest BCUT2D eigenvalue weighted by Crippen LogP contribution is -2.12. The zero-order valence-corrected chi connectivity index (χ0v) is 17.5. The van der Waals surface area contributed by atoms with E-state index in [4.69, 9.17) is 9.15 Å². The van der Waals surface area contributed by atoms with Gasteiger partial charge in [-0.1, -0.05) is 0 Å². The number of imidazole rings is 1. The van der Waals surface area contributed by atoms with Crippen LogP contribution in [-0.2, 0) is 11.3 Å². The van der Waals surface area contributed by atoms with Gasteiger partial charge in [0.1, 0.15) is 11.5 Å². The molecule has 168 valence electrons. The number of ether oxygens (including phenoxy) is 1. The van der Waals surface area contributed by atoms with Crippen LogP contribution in [0.5, 0.6) is 0 Å². The van der Waals surface area contributed by atoms with Crippen molar-refractivity contribution in [3.63, 3.8) is 0 Å². The van der Waals surface area contributed by atoms with Crippen LogP contribution in [0.25, 0.3) is 22.7 Å². The predicted molar refractivity (Wildman–Crippen MR) is 116 cm³/mol. The monoisotopic (exact) mass is 450 g/mol. The second-order valence-electron chi connectivity index (χ2n) is 7.80. The number of furan rings is 1. The Morgan fingerprint density at radius 1 is 1.15 bits per heavy atom. The van der Waals surface area contributed by atoms with Crippen LogP contribution in [0, 0.1) is 17.6 Å². The second-order valence-corrected chi connectivity index (χ2v) is 7.80. The fraction of sp³-hybridized carbons (Fsp3) is 0.208. The topological polar surface area (TPSA) is 82.2 Å². The molecule has 1 amide bonds. The minimum atomic E-state index is -0.645. The maximum absolute atomic E-state index is 13.9. The molecule has 3 aromatic heterocycles. The van der Waals surface area contributed by atoms with Crippen LogP contribution in [0.4, 0.5) is 14.5 Å². The largest absolute Gasteiger partial charge is 0.449 e. The van der Waals surface area contributed by atoms with Gasteiger partial charge >= 0.3 is 0 Å². The average molecular weight is 450 g/mol. The van der Waals surface area contributed by atoms with Crippen LogP contribution in [0.3, 0.4) is 0 Å². The zero-order valence-electron chi connectivity index (χ0n) is 17.5. The first-order valence-corrected chi connectivity index (χ1v) is 10.5. The van der Waals surface area contributed by atoms with E-state index in [1.807, 2.05) is 4.57 Å². The summed E-state index contributed by atoms with van der Waals surface area (Å²) in [6.07, 6.45) is 5.05. The summed E-state index contributed by atoms with van der Waals surface area (Å²) in [5.74, 6) is -0.818. The van der Waals surface area contributed by atoms with Crippen molar-refractivity contribution in [1.29, 1.82) is 0 Å². The van der Waals surface area contributed by atoms with Crippen LogP contribution in [0.15, 0.2) is 65.6 Å². The number of pyridine rings is 1. The molecule has 0 bridgehead atoms. The fourth-order valence-electron chi connectivity index (χ4n) is 3.85. The molecule has 5 rings (SSSR count). The molecule has 0 spiro atoms. The summed E-state index contributed by atoms with van der Waals surface area (Å²) in [6.45, 7) is 2.04. The molecular weight excluding hydrogens is 430 g/mol. The van der Waals surface area contributed by atoms with Gasteiger partial charge in [0.15, 0.2) is 17.3 Å². The third-order valence-corrected chi connectivity index (χ3v) is 5.52. The summed E-state index contributed by atoms with van der Waals surface area (Å²) in [5.41, 5.74) is 2.00. The van der Waals surface area contributed by atoms with E-state index in [-0.39, 0.29) is 17.3 Å². The Hall–Kier alpha value is -3.85. The van der Waals surface area contributed by atoms with Crippen molar-refractivity contribution in [3.8, 4) is 22.7 Å². The first-order chi connectivity index (χ1) is 16.1. The number of aromatic nitrogens is 3. The van der Waals surface area contributed by atoms with Gasteiger partial charge in [-0.15, -0.1) is 0 Å². The van der Waals surface area contributed by atoms with Gasteiger partial charge in [0.25, 0.3) is 5.91 Å². The number of nitrogens with one attached hydrogen (secondary N) is 1. The van der Waals surface area contributed by atoms with Gasteiger partial charge in [0.2, 0.25) is 0 Å². The molecule has 33 heavy (non-hydrogen) atoms. The third-order valence-electron chi connectivity index (χ3n) is 5.52. The molecule has 0 saturated carbocycles. The highest BCUT2D eigenvalue weighted by molar-refractivity contribution is 6.02. The molecule has 4 heterocycles. The quantitative estimate of drug-likeness (QED) is 0.458. The number of hydrogen-bond acceptors (Lipinski definition) is 5. The second kappa shape index (κ2) is 8.95. The standard InChI is InChI=1S/C24H20F2N4O3/c25-17-3-1-16(2-4-17)22-23(30(14-28-22)12-15-8-10-32-13-15)20-5-6-21(33-20)24(31)29-19-7-9-27-11-18(19)26/h1-7,9,11,14-15H,8,10,12-13H2,(H,27,29,31). The van der Waals surface area contributed by atoms with Crippen molar-refractivity contribution in [3.05, 3.63) is 78.6 Å². The normalized spacial score (nSPS) is 15.6. The SMILES string of the molecule is O=C(Nc1ccncc1F)c1ccc(-c2c(-c3ccc(F)cc3)ncn2CC2CCOC2)o1. The Bertz CT molecular complexity index is 1280. The van der Waals surface area contributed by atoms with E-state index in [1.54, 1.807) is 24.5 Å². The van der Waals surface area contributed by atoms with E-state index in [0.29, 0.717) is 41.8 Å². The predicted octanol–water partition coefficient (Wildman–Crippen LogP) is 4.77. The van der Waals surface area contributed by atoms with Crippen LogP contribution in [-0.4, -0.2) is 33.7 Å². The first kappa shape index (κ1) is 21.0. The Kier molecular flexibility index (Phi) is 5.70. The van der Waals surface area contributed by atoms with Crippen molar-refractivity contribution < 1.29 is 22.7 Å². The molecule has 0 aliphatic carbocycles. The lowest BCUT2D eigenvalue weighted by atomic mass is 10.1. The number of halogens is 2. The number of nitrogens with zero attached hydrogens (tertiary/aromatic N) is 3. The molecule has 1 aromatic carbocycles. The first-order valence-electron chi connectivity index (χ1n) is 10.5. The molecule has 1 N–H and O–H groups in total. The van der Waals surface area contributed by atoms with Gasteiger partial charge < -0.3 is 19.0 Å². The van der Waals surface area contributed by atoms with Crippen molar-refractivity contribution in [1.82, 2.24) is 14.5 Å². The molecule has 1 saturated heterocycles. The Balaban J connectivity index is 1.49. The molecule has 1 fully saturated rings. The number of amides is 1. The zero-order chi connectivity index (χ0) is 22.8. The summed E-state index contributed by atoms with van der Waals surface area (Å²) in [6, 6.07) is 10.6. The van der Waals surface area contributed by atoms with Crippen molar-refractivity contribution in [2.45, 2.75) is 13.0 Å². The highest BCUT2D eigenvalue weighted by Crippen LogP contribution is 2.34. The van der Waals surface area contributed by atoms with Crippen LogP contribution >= 0.6 is 0 Å². The lowest BCUT2D eigenvalue weighted by molar-refractivity contribution is 0.0997. The number of rotatable bonds is 6. The van der Waals surface area contributed by atoms with Crippen LogP contribution in [0.1, 0.15) is 17.0 Å². The van der Waals surface area contributed by atoms with E-state index < -0.39 is 11.7 Å². The van der Waals surface area contributed by atoms with Gasteiger partial charge in [-0.3, -0.25) is 9.78 Å². The third kappa shape index (κ3) is 4.40. The van der Waals surface area contributed by atoms with E-state index in [0.717, 1.165) is 19.2 Å². The van der Waals surface area contributed by atoms with E-state index in [9.17, 15) is 13.6 Å². The summed E-state index contributed by atoms with van der Waals surface area (Å²) >= 11 is 0. The summed E-state index contributed by atoms with van der Waals surface area (Å²) in [5, 5.41) is 2.48.